The van der Waals surface area contributed by atoms with Crippen LogP contribution in [0.25, 0.3) is 10.8 Å². The Kier molecular flexibility index (Phi) is 6.86. The van der Waals surface area contributed by atoms with Crippen molar-refractivity contribution in [2.45, 2.75) is 39.0 Å². The summed E-state index contributed by atoms with van der Waals surface area (Å²) in [4.78, 5) is 29.6. The number of nitrogen functional groups attached to an aromatic ring is 1. The van der Waals surface area contributed by atoms with Crippen molar-refractivity contribution in [3.05, 3.63) is 42.0 Å². The average molecular weight is 377 g/mol. The van der Waals surface area contributed by atoms with Gasteiger partial charge in [-0.25, -0.2) is 4.79 Å². The van der Waals surface area contributed by atoms with Crippen molar-refractivity contribution in [1.29, 1.82) is 0 Å². The van der Waals surface area contributed by atoms with Gasteiger partial charge < -0.3 is 10.6 Å². The molecule has 0 aliphatic heterocycles. The van der Waals surface area contributed by atoms with Gasteiger partial charge in [-0.1, -0.05) is 50.5 Å². The molecule has 0 aromatic heterocycles. The van der Waals surface area contributed by atoms with Crippen molar-refractivity contribution in [3.8, 4) is 0 Å². The van der Waals surface area contributed by atoms with Gasteiger partial charge in [0.1, 0.15) is 0 Å². The first-order valence-corrected chi connectivity index (χ1v) is 8.85. The Labute approximate surface area is 159 Å². The molecule has 0 radical (unpaired) electrons. The molecule has 1 aliphatic rings. The number of hydrogen-bond donors (Lipinski definition) is 2. The first kappa shape index (κ1) is 20.0. The van der Waals surface area contributed by atoms with Gasteiger partial charge in [-0.2, -0.15) is 5.48 Å². The Morgan fingerprint density at radius 2 is 1.73 bits per heavy atom. The number of carbonyl (C=O) groups is 2. The van der Waals surface area contributed by atoms with Gasteiger partial charge in [0.15, 0.2) is 0 Å². The summed E-state index contributed by atoms with van der Waals surface area (Å²) in [5.74, 6) is -0.773. The molecule has 2 aromatic carbocycles. The number of nitrogens with one attached hydrogen (secondary N) is 1. The smallest absolute Gasteiger partial charge is 0.335 e. The second-order valence-corrected chi connectivity index (χ2v) is 6.83. The van der Waals surface area contributed by atoms with E-state index >= 15 is 0 Å². The zero-order chi connectivity index (χ0) is 17.8. The minimum absolute atomic E-state index is 0. The van der Waals surface area contributed by atoms with Gasteiger partial charge in [0, 0.05) is 5.69 Å². The van der Waals surface area contributed by atoms with E-state index in [1.54, 1.807) is 12.1 Å². The van der Waals surface area contributed by atoms with Crippen molar-refractivity contribution in [1.82, 2.24) is 5.48 Å². The molecular weight excluding hydrogens is 352 g/mol. The molecule has 1 amide bonds. The number of amides is 1. The molecule has 1 fully saturated rings. The van der Waals surface area contributed by atoms with E-state index in [0.29, 0.717) is 17.2 Å². The van der Waals surface area contributed by atoms with Crippen LogP contribution in [0.2, 0.25) is 0 Å². The summed E-state index contributed by atoms with van der Waals surface area (Å²) in [6, 6.07) is 11.1. The van der Waals surface area contributed by atoms with Crippen molar-refractivity contribution >= 4 is 40.7 Å². The Morgan fingerprint density at radius 1 is 1.12 bits per heavy atom. The third-order valence-corrected chi connectivity index (χ3v) is 5.14. The Morgan fingerprint density at radius 3 is 2.38 bits per heavy atom. The van der Waals surface area contributed by atoms with E-state index in [0.717, 1.165) is 36.5 Å². The molecule has 0 heterocycles. The number of fused-ring (bicyclic) bond motifs is 1. The van der Waals surface area contributed by atoms with Crippen LogP contribution in [0.15, 0.2) is 36.4 Å². The molecule has 1 atom stereocenters. The molecule has 26 heavy (non-hydrogen) atoms. The highest BCUT2D eigenvalue weighted by molar-refractivity contribution is 6.03. The highest BCUT2D eigenvalue weighted by atomic mass is 35.5. The zero-order valence-electron chi connectivity index (χ0n) is 14.9. The first-order chi connectivity index (χ1) is 12.1. The molecule has 1 saturated carbocycles. The lowest BCUT2D eigenvalue weighted by Crippen LogP contribution is -2.33. The second-order valence-electron chi connectivity index (χ2n) is 6.83. The summed E-state index contributed by atoms with van der Waals surface area (Å²) in [6.07, 6.45) is 5.63. The largest absolute Gasteiger partial charge is 0.398 e. The standard InChI is InChI=1S/C20H24N2O3.ClH/c1-13(14-7-3-2-4-8-14)20(24)25-22-19(23)17-11-15-9-5-6-10-16(15)12-18(17)21;/h5-6,9-14H,2-4,7-8,21H2,1H3,(H,22,23);1H/t13-;/m0./s1. The summed E-state index contributed by atoms with van der Waals surface area (Å²) in [5.41, 5.74) is 8.88. The highest BCUT2D eigenvalue weighted by Gasteiger charge is 2.27. The lowest BCUT2D eigenvalue weighted by molar-refractivity contribution is -0.155. The van der Waals surface area contributed by atoms with Gasteiger partial charge >= 0.3 is 5.97 Å². The molecule has 2 aromatic rings. The number of anilines is 1. The molecule has 0 saturated heterocycles. The van der Waals surface area contributed by atoms with E-state index in [2.05, 4.69) is 5.48 Å². The van der Waals surface area contributed by atoms with E-state index in [4.69, 9.17) is 10.6 Å². The molecular formula is C20H25ClN2O3. The van der Waals surface area contributed by atoms with E-state index in [1.165, 1.54) is 6.42 Å². The van der Waals surface area contributed by atoms with Crippen molar-refractivity contribution < 1.29 is 14.4 Å². The van der Waals surface area contributed by atoms with Crippen LogP contribution in [-0.4, -0.2) is 11.9 Å². The molecule has 6 heteroatoms. The number of halogens is 1. The van der Waals surface area contributed by atoms with E-state index < -0.39 is 5.91 Å². The van der Waals surface area contributed by atoms with E-state index in [9.17, 15) is 9.59 Å². The maximum atomic E-state index is 12.3. The number of carbonyl (C=O) groups excluding carboxylic acids is 2. The maximum absolute atomic E-state index is 12.3. The Balaban J connectivity index is 0.00000243. The molecule has 5 nitrogen and oxygen atoms in total. The summed E-state index contributed by atoms with van der Waals surface area (Å²) < 4.78 is 0. The summed E-state index contributed by atoms with van der Waals surface area (Å²) in [6.45, 7) is 1.87. The number of nitrogens with two attached hydrogens (primary N) is 1. The van der Waals surface area contributed by atoms with Crippen molar-refractivity contribution in [2.75, 3.05) is 5.73 Å². The fourth-order valence-electron chi connectivity index (χ4n) is 3.53. The van der Waals surface area contributed by atoms with Crippen LogP contribution in [0.1, 0.15) is 49.4 Å². The molecule has 0 spiro atoms. The number of benzene rings is 2. The third kappa shape index (κ3) is 4.47. The highest BCUT2D eigenvalue weighted by Crippen LogP contribution is 2.30. The lowest BCUT2D eigenvalue weighted by atomic mass is 9.81. The van der Waals surface area contributed by atoms with E-state index in [1.807, 2.05) is 31.2 Å². The van der Waals surface area contributed by atoms with Crippen molar-refractivity contribution in [2.24, 2.45) is 11.8 Å². The first-order valence-electron chi connectivity index (χ1n) is 8.85. The fourth-order valence-corrected chi connectivity index (χ4v) is 3.53. The van der Waals surface area contributed by atoms with Gasteiger partial charge in [-0.3, -0.25) is 4.79 Å². The Hall–Kier alpha value is -2.27. The maximum Gasteiger partial charge on any atom is 0.335 e. The molecule has 0 bridgehead atoms. The summed E-state index contributed by atoms with van der Waals surface area (Å²) in [7, 11) is 0. The summed E-state index contributed by atoms with van der Waals surface area (Å²) in [5, 5.41) is 1.86. The van der Waals surface area contributed by atoms with Crippen molar-refractivity contribution in [3.63, 3.8) is 0 Å². The fraction of sp³-hybridized carbons (Fsp3) is 0.400. The van der Waals surface area contributed by atoms with Crippen LogP contribution < -0.4 is 11.2 Å². The van der Waals surface area contributed by atoms with Gasteiger partial charge in [0.2, 0.25) is 0 Å². The lowest BCUT2D eigenvalue weighted by Gasteiger charge is -2.25. The van der Waals surface area contributed by atoms with Crippen LogP contribution in [-0.2, 0) is 9.63 Å². The third-order valence-electron chi connectivity index (χ3n) is 5.14. The van der Waals surface area contributed by atoms with Gasteiger partial charge in [0.25, 0.3) is 5.91 Å². The van der Waals surface area contributed by atoms with Gasteiger partial charge in [0.05, 0.1) is 11.5 Å². The predicted molar refractivity (Wildman–Crippen MR) is 105 cm³/mol. The molecule has 1 aliphatic carbocycles. The molecule has 3 rings (SSSR count). The topological polar surface area (TPSA) is 81.4 Å². The van der Waals surface area contributed by atoms with Crippen LogP contribution in [0.5, 0.6) is 0 Å². The van der Waals surface area contributed by atoms with Crippen LogP contribution in [0.3, 0.4) is 0 Å². The number of hydrogen-bond acceptors (Lipinski definition) is 4. The minimum atomic E-state index is -0.507. The normalized spacial score (nSPS) is 15.7. The Bertz CT molecular complexity index is 788. The monoisotopic (exact) mass is 376 g/mol. The number of hydroxylamine groups is 1. The van der Waals surface area contributed by atoms with Crippen LogP contribution >= 0.6 is 12.4 Å². The summed E-state index contributed by atoms with van der Waals surface area (Å²) >= 11 is 0. The zero-order valence-corrected chi connectivity index (χ0v) is 15.7. The average Bonchev–Trinajstić information content (AvgIpc) is 2.65. The molecule has 140 valence electrons. The van der Waals surface area contributed by atoms with Crippen LogP contribution in [0.4, 0.5) is 5.69 Å². The van der Waals surface area contributed by atoms with Crippen LogP contribution in [0, 0.1) is 11.8 Å². The predicted octanol–water partition coefficient (Wildman–Crippen LogP) is 4.25. The minimum Gasteiger partial charge on any atom is -0.398 e. The quantitative estimate of drug-likeness (QED) is 0.619. The second kappa shape index (κ2) is 8.90. The SMILES string of the molecule is C[C@H](C(=O)ONC(=O)c1cc2ccccc2cc1N)C1CCCCC1.Cl. The molecule has 3 N–H and O–H groups in total. The van der Waals surface area contributed by atoms with E-state index in [-0.39, 0.29) is 24.3 Å². The molecule has 0 unspecified atom stereocenters. The van der Waals surface area contributed by atoms with Gasteiger partial charge in [-0.15, -0.1) is 12.4 Å². The van der Waals surface area contributed by atoms with Gasteiger partial charge in [-0.05, 0) is 41.7 Å². The number of rotatable bonds is 3.